The molecule has 4 rings (SSSR count). The Morgan fingerprint density at radius 2 is 1.72 bits per heavy atom. The number of rotatable bonds is 10. The van der Waals surface area contributed by atoms with Crippen molar-refractivity contribution < 1.29 is 28.3 Å². The highest BCUT2D eigenvalue weighted by Crippen LogP contribution is 2.45. The highest BCUT2D eigenvalue weighted by atomic mass is 19.3. The van der Waals surface area contributed by atoms with Gasteiger partial charge in [0.1, 0.15) is 11.8 Å². The monoisotopic (exact) mass is 537 g/mol. The Morgan fingerprint density at radius 3 is 2.38 bits per heavy atom. The van der Waals surface area contributed by atoms with Crippen LogP contribution in [0.4, 0.5) is 8.78 Å². The lowest BCUT2D eigenvalue weighted by Crippen LogP contribution is -2.50. The van der Waals surface area contributed by atoms with E-state index < -0.39 is 60.3 Å². The molecule has 3 N–H and O–H groups in total. The number of carbonyl (C=O) groups is 3. The number of nitrogens with zero attached hydrogens (tertiary/aromatic N) is 1. The van der Waals surface area contributed by atoms with E-state index in [-0.39, 0.29) is 13.0 Å². The predicted molar refractivity (Wildman–Crippen MR) is 142 cm³/mol. The zero-order chi connectivity index (χ0) is 28.2. The Kier molecular flexibility index (Phi) is 8.60. The summed E-state index contributed by atoms with van der Waals surface area (Å²) >= 11 is 0. The van der Waals surface area contributed by atoms with Crippen LogP contribution in [0.15, 0.2) is 72.9 Å². The van der Waals surface area contributed by atoms with Crippen LogP contribution >= 0.6 is 0 Å². The van der Waals surface area contributed by atoms with Crippen LogP contribution in [-0.4, -0.2) is 45.3 Å². The molecule has 1 aliphatic carbocycles. The number of halogens is 2. The Balaban J connectivity index is 1.53. The smallest absolute Gasteiger partial charge is 0.268 e. The van der Waals surface area contributed by atoms with E-state index in [2.05, 4.69) is 10.6 Å². The van der Waals surface area contributed by atoms with Gasteiger partial charge < -0.3 is 20.3 Å². The zero-order valence-corrected chi connectivity index (χ0v) is 21.9. The van der Waals surface area contributed by atoms with E-state index in [4.69, 9.17) is 0 Å². The third-order valence-electron chi connectivity index (χ3n) is 7.43. The van der Waals surface area contributed by atoms with Gasteiger partial charge in [0.05, 0.1) is 6.04 Å². The van der Waals surface area contributed by atoms with Crippen LogP contribution in [0.1, 0.15) is 40.0 Å². The number of nitrogens with one attached hydrogen (secondary N) is 2. The van der Waals surface area contributed by atoms with Gasteiger partial charge in [-0.15, -0.1) is 0 Å². The first-order valence-electron chi connectivity index (χ1n) is 12.9. The minimum absolute atomic E-state index is 0.0557. The van der Waals surface area contributed by atoms with Gasteiger partial charge in [-0.25, -0.2) is 8.78 Å². The van der Waals surface area contributed by atoms with E-state index in [1.165, 1.54) is 0 Å². The van der Waals surface area contributed by atoms with E-state index in [9.17, 15) is 28.3 Å². The van der Waals surface area contributed by atoms with Gasteiger partial charge in [0, 0.05) is 44.5 Å². The van der Waals surface area contributed by atoms with Crippen LogP contribution in [0, 0.1) is 18.8 Å². The second-order valence-corrected chi connectivity index (χ2v) is 10.2. The number of ketones is 1. The fourth-order valence-electron chi connectivity index (χ4n) is 5.20. The summed E-state index contributed by atoms with van der Waals surface area (Å²) < 4.78 is 30.7. The number of amides is 2. The average Bonchev–Trinajstić information content (AvgIpc) is 3.49. The second-order valence-electron chi connectivity index (χ2n) is 10.2. The first-order chi connectivity index (χ1) is 18.6. The molecule has 1 heterocycles. The summed E-state index contributed by atoms with van der Waals surface area (Å²) in [5.74, 6) is -7.75. The van der Waals surface area contributed by atoms with Crippen LogP contribution < -0.4 is 10.6 Å². The maximum atomic E-state index is 14.6. The van der Waals surface area contributed by atoms with E-state index in [1.807, 2.05) is 31.2 Å². The van der Waals surface area contributed by atoms with Crippen LogP contribution in [0.2, 0.25) is 0 Å². The third-order valence-corrected chi connectivity index (χ3v) is 7.43. The summed E-state index contributed by atoms with van der Waals surface area (Å²) in [6, 6.07) is 18.4. The van der Waals surface area contributed by atoms with Crippen molar-refractivity contribution >= 4 is 17.6 Å². The standard InChI is InChI=1S/C30H33F2N3O4/c1-19-9-6-7-12-21(19)18-33-28(38)23-17-30(31,32)16-22(23)26(36)27(37)24(15-20-10-4-3-5-11-20)34-29(39)25-13-8-14-35(25)2/h3-14,22-24,26,36H,15-18H2,1-2H3,(H,33,38)(H,34,39)/t22?,23-,24+,26?/m1/s1. The number of carbonyl (C=O) groups excluding carboxylic acids is 3. The quantitative estimate of drug-likeness (QED) is 0.368. The fourth-order valence-corrected chi connectivity index (χ4v) is 5.20. The molecular weight excluding hydrogens is 504 g/mol. The summed E-state index contributed by atoms with van der Waals surface area (Å²) in [4.78, 5) is 39.6. The molecule has 9 heteroatoms. The van der Waals surface area contributed by atoms with Crippen molar-refractivity contribution in [2.75, 3.05) is 0 Å². The molecule has 0 spiro atoms. The van der Waals surface area contributed by atoms with Gasteiger partial charge in [-0.05, 0) is 42.2 Å². The number of hydrogen-bond donors (Lipinski definition) is 3. The molecule has 206 valence electrons. The molecule has 39 heavy (non-hydrogen) atoms. The van der Waals surface area contributed by atoms with Crippen molar-refractivity contribution in [3.8, 4) is 0 Å². The highest BCUT2D eigenvalue weighted by Gasteiger charge is 2.53. The normalized spacial score (nSPS) is 19.7. The molecule has 0 radical (unpaired) electrons. The van der Waals surface area contributed by atoms with Crippen LogP contribution in [0.5, 0.6) is 0 Å². The summed E-state index contributed by atoms with van der Waals surface area (Å²) in [6.45, 7) is 2.03. The van der Waals surface area contributed by atoms with Gasteiger partial charge in [0.2, 0.25) is 11.8 Å². The molecular formula is C30H33F2N3O4. The van der Waals surface area contributed by atoms with Gasteiger partial charge in [-0.3, -0.25) is 14.4 Å². The first-order valence-corrected chi connectivity index (χ1v) is 12.9. The van der Waals surface area contributed by atoms with Crippen molar-refractivity contribution in [1.82, 2.24) is 15.2 Å². The molecule has 0 aliphatic heterocycles. The number of hydrogen-bond acceptors (Lipinski definition) is 4. The topological polar surface area (TPSA) is 100 Å². The van der Waals surface area contributed by atoms with E-state index in [0.29, 0.717) is 5.69 Å². The predicted octanol–water partition coefficient (Wildman–Crippen LogP) is 3.58. The minimum Gasteiger partial charge on any atom is -0.385 e. The van der Waals surface area contributed by atoms with Crippen molar-refractivity contribution in [1.29, 1.82) is 0 Å². The average molecular weight is 538 g/mol. The molecule has 2 aromatic carbocycles. The molecule has 0 bridgehead atoms. The largest absolute Gasteiger partial charge is 0.385 e. The van der Waals surface area contributed by atoms with Gasteiger partial charge in [-0.2, -0.15) is 0 Å². The number of aliphatic hydroxyl groups excluding tert-OH is 1. The summed E-state index contributed by atoms with van der Waals surface area (Å²) in [7, 11) is 1.68. The Morgan fingerprint density at radius 1 is 1.03 bits per heavy atom. The number of Topliss-reactive ketones (excluding diaryl/α,β-unsaturated/α-hetero) is 1. The number of alkyl halides is 2. The summed E-state index contributed by atoms with van der Waals surface area (Å²) in [5, 5.41) is 16.5. The molecule has 3 aromatic rings. The van der Waals surface area contributed by atoms with E-state index >= 15 is 0 Å². The fraction of sp³-hybridized carbons (Fsp3) is 0.367. The maximum Gasteiger partial charge on any atom is 0.268 e. The molecule has 2 unspecified atom stereocenters. The SMILES string of the molecule is Cc1ccccc1CNC(=O)[C@@H]1CC(F)(F)CC1C(O)C(=O)[C@H](Cc1ccccc1)NC(=O)c1cccn1C. The van der Waals surface area contributed by atoms with Gasteiger partial charge in [0.15, 0.2) is 5.78 Å². The van der Waals surface area contributed by atoms with Crippen LogP contribution in [0.25, 0.3) is 0 Å². The van der Waals surface area contributed by atoms with Gasteiger partial charge in [-0.1, -0.05) is 54.6 Å². The summed E-state index contributed by atoms with van der Waals surface area (Å²) in [5.41, 5.74) is 2.81. The number of aryl methyl sites for hydroxylation is 2. The third kappa shape index (κ3) is 6.78. The summed E-state index contributed by atoms with van der Waals surface area (Å²) in [6.07, 6.45) is -1.69. The molecule has 7 nitrogen and oxygen atoms in total. The minimum atomic E-state index is -3.21. The molecule has 0 saturated heterocycles. The van der Waals surface area contributed by atoms with Crippen molar-refractivity contribution in [2.24, 2.45) is 18.9 Å². The number of aliphatic hydroxyl groups is 1. The first kappa shape index (κ1) is 28.2. The van der Waals surface area contributed by atoms with Crippen LogP contribution in [0.3, 0.4) is 0 Å². The molecule has 1 aliphatic rings. The van der Waals surface area contributed by atoms with Crippen molar-refractivity contribution in [2.45, 2.75) is 50.8 Å². The lowest BCUT2D eigenvalue weighted by Gasteiger charge is -2.27. The van der Waals surface area contributed by atoms with Crippen LogP contribution in [-0.2, 0) is 29.6 Å². The van der Waals surface area contributed by atoms with Crippen molar-refractivity contribution in [3.05, 3.63) is 95.3 Å². The number of aromatic nitrogens is 1. The molecule has 4 atom stereocenters. The Hall–Kier alpha value is -3.85. The molecule has 1 aromatic heterocycles. The molecule has 2 amide bonds. The Labute approximate surface area is 226 Å². The lowest BCUT2D eigenvalue weighted by molar-refractivity contribution is -0.135. The highest BCUT2D eigenvalue weighted by molar-refractivity contribution is 5.98. The van der Waals surface area contributed by atoms with Gasteiger partial charge in [0.25, 0.3) is 5.91 Å². The second kappa shape index (κ2) is 11.9. The zero-order valence-electron chi connectivity index (χ0n) is 21.9. The number of benzene rings is 2. The van der Waals surface area contributed by atoms with E-state index in [1.54, 1.807) is 60.3 Å². The van der Waals surface area contributed by atoms with E-state index in [0.717, 1.165) is 16.7 Å². The Bertz CT molecular complexity index is 1320. The lowest BCUT2D eigenvalue weighted by atomic mass is 9.84. The molecule has 1 fully saturated rings. The maximum absolute atomic E-state index is 14.6. The molecule has 1 saturated carbocycles. The van der Waals surface area contributed by atoms with Crippen molar-refractivity contribution in [3.63, 3.8) is 0 Å². The van der Waals surface area contributed by atoms with Gasteiger partial charge >= 0.3 is 0 Å².